The molecule has 0 aromatic heterocycles. The van der Waals surface area contributed by atoms with Gasteiger partial charge in [-0.05, 0) is 43.3 Å². The first-order valence-corrected chi connectivity index (χ1v) is 11.9. The summed E-state index contributed by atoms with van der Waals surface area (Å²) in [6.07, 6.45) is -3.90. The zero-order valence-corrected chi connectivity index (χ0v) is 20.8. The molecule has 0 radical (unpaired) electrons. The Bertz CT molecular complexity index is 1280. The number of carbonyl (C=O) groups excluding carboxylic acids is 4. The van der Waals surface area contributed by atoms with E-state index in [2.05, 4.69) is 0 Å². The molecule has 0 bridgehead atoms. The van der Waals surface area contributed by atoms with Gasteiger partial charge in [-0.1, -0.05) is 54.6 Å². The molecule has 0 saturated carbocycles. The number of benzene rings is 3. The third-order valence-electron chi connectivity index (χ3n) is 5.90. The van der Waals surface area contributed by atoms with Gasteiger partial charge >= 0.3 is 23.9 Å². The lowest BCUT2D eigenvalue weighted by Crippen LogP contribution is -2.52. The molecule has 9 nitrogen and oxygen atoms in total. The molecule has 1 saturated heterocycles. The van der Waals surface area contributed by atoms with Crippen LogP contribution in [-0.2, 0) is 28.5 Å². The molecule has 4 atom stereocenters. The Hall–Kier alpha value is -4.50. The maximum absolute atomic E-state index is 13.1. The highest BCUT2D eigenvalue weighted by Crippen LogP contribution is 2.39. The quantitative estimate of drug-likeness (QED) is 0.323. The maximum atomic E-state index is 13.1. The van der Waals surface area contributed by atoms with E-state index in [9.17, 15) is 19.2 Å². The first-order chi connectivity index (χ1) is 18.3. The summed E-state index contributed by atoms with van der Waals surface area (Å²) < 4.78 is 28.2. The third-order valence-corrected chi connectivity index (χ3v) is 5.90. The lowest BCUT2D eigenvalue weighted by Gasteiger charge is -2.33. The van der Waals surface area contributed by atoms with Crippen molar-refractivity contribution in [3.63, 3.8) is 0 Å². The van der Waals surface area contributed by atoms with Crippen molar-refractivity contribution in [2.75, 3.05) is 6.61 Å². The average molecular weight is 519 g/mol. The van der Waals surface area contributed by atoms with Crippen LogP contribution in [0.15, 0.2) is 91.0 Å². The molecule has 4 rings (SSSR count). The SMILES string of the molecule is CC(=O)O[C@@H]1O[C@H](COC(=O)c2ccccc2)[C@@H](OC(=O)c2ccccc2)C1(C)OC(=O)c1ccccc1. The van der Waals surface area contributed by atoms with Gasteiger partial charge in [0.2, 0.25) is 11.9 Å². The van der Waals surface area contributed by atoms with Crippen molar-refractivity contribution >= 4 is 23.9 Å². The summed E-state index contributed by atoms with van der Waals surface area (Å²) in [6, 6.07) is 24.6. The predicted molar refractivity (Wildman–Crippen MR) is 133 cm³/mol. The van der Waals surface area contributed by atoms with Gasteiger partial charge in [0.1, 0.15) is 12.7 Å². The molecule has 0 N–H and O–H groups in total. The van der Waals surface area contributed by atoms with Crippen molar-refractivity contribution in [3.8, 4) is 0 Å². The minimum atomic E-state index is -1.78. The molecule has 1 aliphatic rings. The smallest absolute Gasteiger partial charge is 0.339 e. The number of hydrogen-bond acceptors (Lipinski definition) is 9. The predicted octanol–water partition coefficient (Wildman–Crippen LogP) is 3.97. The largest absolute Gasteiger partial charge is 0.459 e. The van der Waals surface area contributed by atoms with Gasteiger partial charge in [0.05, 0.1) is 16.7 Å². The van der Waals surface area contributed by atoms with E-state index >= 15 is 0 Å². The first kappa shape index (κ1) is 26.6. The van der Waals surface area contributed by atoms with Crippen LogP contribution in [0.4, 0.5) is 0 Å². The van der Waals surface area contributed by atoms with Crippen LogP contribution >= 0.6 is 0 Å². The fourth-order valence-electron chi connectivity index (χ4n) is 4.00. The first-order valence-electron chi connectivity index (χ1n) is 11.9. The number of esters is 4. The van der Waals surface area contributed by atoms with Crippen molar-refractivity contribution in [1.29, 1.82) is 0 Å². The van der Waals surface area contributed by atoms with Crippen molar-refractivity contribution in [1.82, 2.24) is 0 Å². The van der Waals surface area contributed by atoms with Crippen LogP contribution < -0.4 is 0 Å². The summed E-state index contributed by atoms with van der Waals surface area (Å²) in [7, 11) is 0. The number of ether oxygens (including phenoxy) is 5. The van der Waals surface area contributed by atoms with Gasteiger partial charge in [0, 0.05) is 6.92 Å². The molecule has 0 amide bonds. The van der Waals surface area contributed by atoms with Crippen LogP contribution in [0.2, 0.25) is 0 Å². The molecule has 1 fully saturated rings. The van der Waals surface area contributed by atoms with E-state index in [0.29, 0.717) is 5.56 Å². The highest BCUT2D eigenvalue weighted by atomic mass is 16.8. The maximum Gasteiger partial charge on any atom is 0.339 e. The van der Waals surface area contributed by atoms with Crippen LogP contribution in [0, 0.1) is 0 Å². The van der Waals surface area contributed by atoms with E-state index in [1.807, 2.05) is 0 Å². The van der Waals surface area contributed by atoms with Gasteiger partial charge in [-0.2, -0.15) is 0 Å². The Labute approximate surface area is 219 Å². The van der Waals surface area contributed by atoms with Crippen molar-refractivity contribution in [2.24, 2.45) is 0 Å². The highest BCUT2D eigenvalue weighted by molar-refractivity contribution is 5.91. The lowest BCUT2D eigenvalue weighted by atomic mass is 9.96. The molecular formula is C29H26O9. The standard InChI is InChI=1S/C29H26O9/c1-19(30)35-28-29(2,38-27(33)22-16-10-5-11-17-22)24(37-26(32)21-14-8-4-9-15-21)23(36-28)18-34-25(31)20-12-6-3-7-13-20/h3-17,23-24,28H,18H2,1-2H3/t23-,24-,28-,29?/m1/s1. The average Bonchev–Trinajstić information content (AvgIpc) is 3.17. The van der Waals surface area contributed by atoms with Crippen molar-refractivity contribution in [2.45, 2.75) is 37.9 Å². The molecule has 3 aromatic rings. The third kappa shape index (κ3) is 6.07. The van der Waals surface area contributed by atoms with E-state index in [1.165, 1.54) is 6.92 Å². The Balaban J connectivity index is 1.64. The topological polar surface area (TPSA) is 114 Å². The van der Waals surface area contributed by atoms with Crippen LogP contribution in [0.5, 0.6) is 0 Å². The van der Waals surface area contributed by atoms with Gasteiger partial charge in [-0.15, -0.1) is 0 Å². The van der Waals surface area contributed by atoms with Gasteiger partial charge < -0.3 is 23.7 Å². The van der Waals surface area contributed by atoms with Crippen molar-refractivity contribution < 1.29 is 42.9 Å². The van der Waals surface area contributed by atoms with Gasteiger partial charge in [-0.25, -0.2) is 14.4 Å². The molecule has 0 aliphatic carbocycles. The van der Waals surface area contributed by atoms with E-state index < -0.39 is 48.0 Å². The van der Waals surface area contributed by atoms with E-state index in [1.54, 1.807) is 91.0 Å². The molecule has 38 heavy (non-hydrogen) atoms. The number of carbonyl (C=O) groups is 4. The van der Waals surface area contributed by atoms with Gasteiger partial charge in [0.25, 0.3) is 0 Å². The summed E-state index contributed by atoms with van der Waals surface area (Å²) in [5, 5.41) is 0. The normalized spacial score (nSPS) is 22.2. The molecule has 9 heteroatoms. The Morgan fingerprint density at radius 1 is 0.711 bits per heavy atom. The molecule has 1 heterocycles. The highest BCUT2D eigenvalue weighted by Gasteiger charge is 2.61. The molecule has 196 valence electrons. The van der Waals surface area contributed by atoms with Gasteiger partial charge in [-0.3, -0.25) is 4.79 Å². The fourth-order valence-corrected chi connectivity index (χ4v) is 4.00. The van der Waals surface area contributed by atoms with Crippen LogP contribution in [0.25, 0.3) is 0 Å². The summed E-state index contributed by atoms with van der Waals surface area (Å²) in [4.78, 5) is 50.6. The van der Waals surface area contributed by atoms with Crippen LogP contribution in [0.3, 0.4) is 0 Å². The minimum absolute atomic E-state index is 0.224. The van der Waals surface area contributed by atoms with E-state index in [0.717, 1.165) is 6.92 Å². The molecule has 1 aliphatic heterocycles. The van der Waals surface area contributed by atoms with Crippen molar-refractivity contribution in [3.05, 3.63) is 108 Å². The second-order valence-electron chi connectivity index (χ2n) is 8.71. The van der Waals surface area contributed by atoms with Crippen LogP contribution in [0.1, 0.15) is 44.9 Å². The molecule has 1 unspecified atom stereocenters. The molecule has 3 aromatic carbocycles. The lowest BCUT2D eigenvalue weighted by molar-refractivity contribution is -0.206. The Morgan fingerprint density at radius 3 is 1.68 bits per heavy atom. The van der Waals surface area contributed by atoms with Crippen LogP contribution in [-0.4, -0.2) is 54.6 Å². The van der Waals surface area contributed by atoms with E-state index in [-0.39, 0.29) is 17.7 Å². The van der Waals surface area contributed by atoms with E-state index in [4.69, 9.17) is 23.7 Å². The Morgan fingerprint density at radius 2 is 1.18 bits per heavy atom. The zero-order chi connectivity index (χ0) is 27.1. The zero-order valence-electron chi connectivity index (χ0n) is 20.8. The molecule has 0 spiro atoms. The summed E-state index contributed by atoms with van der Waals surface area (Å²) in [6.45, 7) is 2.22. The molecular weight excluding hydrogens is 492 g/mol. The second-order valence-corrected chi connectivity index (χ2v) is 8.71. The second kappa shape index (κ2) is 11.7. The number of hydrogen-bond donors (Lipinski definition) is 0. The monoisotopic (exact) mass is 518 g/mol. The van der Waals surface area contributed by atoms with Gasteiger partial charge in [0.15, 0.2) is 6.10 Å². The summed E-state index contributed by atoms with van der Waals surface area (Å²) >= 11 is 0. The minimum Gasteiger partial charge on any atom is -0.459 e. The number of rotatable bonds is 8. The fraction of sp³-hybridized carbons (Fsp3) is 0.241. The summed E-state index contributed by atoms with van der Waals surface area (Å²) in [5.74, 6) is -2.84. The summed E-state index contributed by atoms with van der Waals surface area (Å²) in [5.41, 5.74) is -1.02. The Kier molecular flexibility index (Phi) is 8.18.